The average molecular weight is 286 g/mol. The highest BCUT2D eigenvalue weighted by atomic mass is 16.5. The standard InChI is InChI=1S/C18H22O3/c1-5-16(18(2,3)17(19)20)14-7-6-13-11-15(21-4)9-8-12(13)10-14/h6-11,16H,5H2,1-4H3,(H,19,20)/t16-/m1/s1. The maximum atomic E-state index is 11.5. The Kier molecular flexibility index (Phi) is 4.21. The van der Waals surface area contributed by atoms with E-state index >= 15 is 0 Å². The first kappa shape index (κ1) is 15.4. The minimum atomic E-state index is -0.783. The molecule has 0 radical (unpaired) electrons. The van der Waals surface area contributed by atoms with Gasteiger partial charge in [0.1, 0.15) is 5.75 Å². The Bertz CT molecular complexity index is 659. The summed E-state index contributed by atoms with van der Waals surface area (Å²) < 4.78 is 5.23. The van der Waals surface area contributed by atoms with Crippen LogP contribution < -0.4 is 4.74 Å². The van der Waals surface area contributed by atoms with Gasteiger partial charge in [0.2, 0.25) is 0 Å². The third-order valence-electron chi connectivity index (χ3n) is 4.30. The molecule has 0 saturated heterocycles. The van der Waals surface area contributed by atoms with Gasteiger partial charge >= 0.3 is 5.97 Å². The van der Waals surface area contributed by atoms with Crippen molar-refractivity contribution in [3.63, 3.8) is 0 Å². The Morgan fingerprint density at radius 3 is 2.38 bits per heavy atom. The summed E-state index contributed by atoms with van der Waals surface area (Å²) in [4.78, 5) is 11.5. The van der Waals surface area contributed by atoms with Gasteiger partial charge in [0.25, 0.3) is 0 Å². The number of hydrogen-bond donors (Lipinski definition) is 1. The zero-order valence-electron chi connectivity index (χ0n) is 13.0. The number of carbonyl (C=O) groups is 1. The number of rotatable bonds is 5. The van der Waals surface area contributed by atoms with Crippen LogP contribution in [0.15, 0.2) is 36.4 Å². The molecule has 0 aromatic heterocycles. The van der Waals surface area contributed by atoms with Gasteiger partial charge in [-0.1, -0.05) is 31.2 Å². The maximum Gasteiger partial charge on any atom is 0.309 e. The molecule has 112 valence electrons. The minimum absolute atomic E-state index is 0.0125. The molecule has 3 heteroatoms. The second-order valence-electron chi connectivity index (χ2n) is 5.96. The van der Waals surface area contributed by atoms with E-state index in [-0.39, 0.29) is 5.92 Å². The van der Waals surface area contributed by atoms with Crippen molar-refractivity contribution in [3.8, 4) is 5.75 Å². The Balaban J connectivity index is 2.48. The van der Waals surface area contributed by atoms with Crippen LogP contribution in [0.1, 0.15) is 38.7 Å². The molecular formula is C18H22O3. The van der Waals surface area contributed by atoms with Crippen molar-refractivity contribution in [2.45, 2.75) is 33.1 Å². The molecule has 0 unspecified atom stereocenters. The summed E-state index contributed by atoms with van der Waals surface area (Å²) in [6.07, 6.45) is 0.793. The van der Waals surface area contributed by atoms with Gasteiger partial charge in [-0.25, -0.2) is 0 Å². The molecule has 0 aliphatic heterocycles. The van der Waals surface area contributed by atoms with Crippen molar-refractivity contribution in [3.05, 3.63) is 42.0 Å². The highest BCUT2D eigenvalue weighted by Gasteiger charge is 2.36. The molecule has 0 spiro atoms. The first-order valence-corrected chi connectivity index (χ1v) is 7.21. The third-order valence-corrected chi connectivity index (χ3v) is 4.30. The number of carboxylic acid groups (broad SMARTS) is 1. The zero-order chi connectivity index (χ0) is 15.6. The molecule has 3 nitrogen and oxygen atoms in total. The van der Waals surface area contributed by atoms with Gasteiger partial charge in [-0.05, 0) is 54.7 Å². The van der Waals surface area contributed by atoms with Crippen molar-refractivity contribution >= 4 is 16.7 Å². The van der Waals surface area contributed by atoms with Crippen molar-refractivity contribution in [2.24, 2.45) is 5.41 Å². The summed E-state index contributed by atoms with van der Waals surface area (Å²) in [7, 11) is 1.65. The first-order valence-electron chi connectivity index (χ1n) is 7.21. The Labute approximate surface area is 125 Å². The van der Waals surface area contributed by atoms with Crippen LogP contribution in [0.2, 0.25) is 0 Å². The van der Waals surface area contributed by atoms with Crippen LogP contribution in [0.25, 0.3) is 10.8 Å². The molecule has 0 heterocycles. The lowest BCUT2D eigenvalue weighted by atomic mass is 9.73. The van der Waals surface area contributed by atoms with Gasteiger partial charge in [0.05, 0.1) is 12.5 Å². The summed E-state index contributed by atoms with van der Waals surface area (Å²) in [6, 6.07) is 12.1. The molecule has 0 fully saturated rings. The monoisotopic (exact) mass is 286 g/mol. The minimum Gasteiger partial charge on any atom is -0.497 e. The summed E-state index contributed by atoms with van der Waals surface area (Å²) in [6.45, 7) is 5.62. The summed E-state index contributed by atoms with van der Waals surface area (Å²) in [5, 5.41) is 11.7. The second-order valence-corrected chi connectivity index (χ2v) is 5.96. The lowest BCUT2D eigenvalue weighted by Crippen LogP contribution is -2.31. The van der Waals surface area contributed by atoms with Gasteiger partial charge in [-0.2, -0.15) is 0 Å². The van der Waals surface area contributed by atoms with Crippen LogP contribution in [0.3, 0.4) is 0 Å². The average Bonchev–Trinajstić information content (AvgIpc) is 2.47. The molecule has 0 aliphatic rings. The van der Waals surface area contributed by atoms with Crippen LogP contribution in [-0.2, 0) is 4.79 Å². The van der Waals surface area contributed by atoms with Crippen molar-refractivity contribution in [1.82, 2.24) is 0 Å². The lowest BCUT2D eigenvalue weighted by Gasteiger charge is -2.30. The fourth-order valence-corrected chi connectivity index (χ4v) is 2.90. The molecule has 2 aromatic carbocycles. The fourth-order valence-electron chi connectivity index (χ4n) is 2.90. The number of hydrogen-bond acceptors (Lipinski definition) is 2. The van der Waals surface area contributed by atoms with Gasteiger partial charge in [0.15, 0.2) is 0 Å². The van der Waals surface area contributed by atoms with E-state index in [1.807, 2.05) is 37.3 Å². The third kappa shape index (κ3) is 2.87. The molecule has 0 aliphatic carbocycles. The predicted octanol–water partition coefficient (Wildman–Crippen LogP) is 4.45. The van der Waals surface area contributed by atoms with E-state index in [9.17, 15) is 9.90 Å². The SMILES string of the molecule is CC[C@H](c1ccc2cc(OC)ccc2c1)C(C)(C)C(=O)O. The summed E-state index contributed by atoms with van der Waals surface area (Å²) in [5.41, 5.74) is 0.289. The van der Waals surface area contributed by atoms with E-state index < -0.39 is 11.4 Å². The number of fused-ring (bicyclic) bond motifs is 1. The molecule has 2 rings (SSSR count). The van der Waals surface area contributed by atoms with Gasteiger partial charge < -0.3 is 9.84 Å². The lowest BCUT2D eigenvalue weighted by molar-refractivity contribution is -0.148. The quantitative estimate of drug-likeness (QED) is 0.883. The Hall–Kier alpha value is -2.03. The number of benzene rings is 2. The number of carboxylic acids is 1. The zero-order valence-corrected chi connectivity index (χ0v) is 13.0. The van der Waals surface area contributed by atoms with Crippen LogP contribution in [-0.4, -0.2) is 18.2 Å². The molecular weight excluding hydrogens is 264 g/mol. The smallest absolute Gasteiger partial charge is 0.309 e. The molecule has 21 heavy (non-hydrogen) atoms. The molecule has 1 N–H and O–H groups in total. The van der Waals surface area contributed by atoms with Crippen molar-refractivity contribution < 1.29 is 14.6 Å². The van der Waals surface area contributed by atoms with Crippen LogP contribution >= 0.6 is 0 Å². The van der Waals surface area contributed by atoms with Crippen LogP contribution in [0, 0.1) is 5.41 Å². The topological polar surface area (TPSA) is 46.5 Å². The van der Waals surface area contributed by atoms with E-state index in [0.717, 1.165) is 28.5 Å². The van der Waals surface area contributed by atoms with E-state index in [1.165, 1.54) is 0 Å². The van der Waals surface area contributed by atoms with Crippen molar-refractivity contribution in [1.29, 1.82) is 0 Å². The summed E-state index contributed by atoms with van der Waals surface area (Å²) >= 11 is 0. The maximum absolute atomic E-state index is 11.5. The fraction of sp³-hybridized carbons (Fsp3) is 0.389. The van der Waals surface area contributed by atoms with E-state index in [0.29, 0.717) is 0 Å². The van der Waals surface area contributed by atoms with Crippen LogP contribution in [0.4, 0.5) is 0 Å². The largest absolute Gasteiger partial charge is 0.497 e. The van der Waals surface area contributed by atoms with Crippen molar-refractivity contribution in [2.75, 3.05) is 7.11 Å². The number of methoxy groups -OCH3 is 1. The predicted molar refractivity (Wildman–Crippen MR) is 84.9 cm³/mol. The Morgan fingerprint density at radius 2 is 1.81 bits per heavy atom. The molecule has 0 saturated carbocycles. The highest BCUT2D eigenvalue weighted by molar-refractivity contribution is 5.85. The second kappa shape index (κ2) is 5.76. The van der Waals surface area contributed by atoms with Gasteiger partial charge in [-0.15, -0.1) is 0 Å². The molecule has 0 bridgehead atoms. The van der Waals surface area contributed by atoms with E-state index in [1.54, 1.807) is 21.0 Å². The first-order chi connectivity index (χ1) is 9.90. The van der Waals surface area contributed by atoms with E-state index in [4.69, 9.17) is 4.74 Å². The summed E-state index contributed by atoms with van der Waals surface area (Å²) in [5.74, 6) is 0.0545. The van der Waals surface area contributed by atoms with Crippen LogP contribution in [0.5, 0.6) is 5.75 Å². The van der Waals surface area contributed by atoms with Gasteiger partial charge in [0, 0.05) is 0 Å². The molecule has 2 aromatic rings. The number of ether oxygens (including phenoxy) is 1. The molecule has 0 amide bonds. The molecule has 1 atom stereocenters. The Morgan fingerprint density at radius 1 is 1.19 bits per heavy atom. The van der Waals surface area contributed by atoms with Gasteiger partial charge in [-0.3, -0.25) is 4.79 Å². The van der Waals surface area contributed by atoms with E-state index in [2.05, 4.69) is 6.07 Å². The normalized spacial score (nSPS) is 13.1. The highest BCUT2D eigenvalue weighted by Crippen LogP contribution is 2.39. The number of aliphatic carboxylic acids is 1.